The number of amides is 5. The summed E-state index contributed by atoms with van der Waals surface area (Å²) in [6.07, 6.45) is 0. The van der Waals surface area contributed by atoms with E-state index in [0.29, 0.717) is 22.6 Å². The summed E-state index contributed by atoms with van der Waals surface area (Å²) in [5.41, 5.74) is 1.50. The fraction of sp³-hybridized carbons (Fsp3) is 0.238. The topological polar surface area (TPSA) is 108 Å². The van der Waals surface area contributed by atoms with Crippen molar-refractivity contribution in [1.82, 2.24) is 4.90 Å². The minimum Gasteiger partial charge on any atom is -0.326 e. The molecule has 0 unspecified atom stereocenters. The van der Waals surface area contributed by atoms with Gasteiger partial charge in [-0.25, -0.2) is 4.79 Å². The van der Waals surface area contributed by atoms with Gasteiger partial charge in [0.1, 0.15) is 0 Å². The summed E-state index contributed by atoms with van der Waals surface area (Å²) < 4.78 is 0. The Balaban J connectivity index is 1.70. The molecule has 1 aliphatic rings. The molecule has 2 aromatic carbocycles. The van der Waals surface area contributed by atoms with Gasteiger partial charge in [0.25, 0.3) is 11.8 Å². The van der Waals surface area contributed by atoms with Gasteiger partial charge < -0.3 is 16.0 Å². The molecule has 3 N–H and O–H groups in total. The molecule has 2 aromatic rings. The summed E-state index contributed by atoms with van der Waals surface area (Å²) in [6, 6.07) is 10.8. The van der Waals surface area contributed by atoms with Gasteiger partial charge in [0.2, 0.25) is 5.91 Å². The molecule has 0 saturated heterocycles. The molecule has 3 rings (SSSR count). The third kappa shape index (κ3) is 4.26. The predicted octanol–water partition coefficient (Wildman–Crippen LogP) is 3.68. The maximum absolute atomic E-state index is 12.6. The Morgan fingerprint density at radius 3 is 1.79 bits per heavy atom. The number of nitrogens with one attached hydrogen (secondary N) is 3. The molecule has 0 aliphatic carbocycles. The maximum Gasteiger partial charge on any atom is 0.323 e. The lowest BCUT2D eigenvalue weighted by molar-refractivity contribution is -0.114. The van der Waals surface area contributed by atoms with Gasteiger partial charge in [0.15, 0.2) is 0 Å². The monoisotopic (exact) mass is 394 g/mol. The first-order chi connectivity index (χ1) is 13.6. The van der Waals surface area contributed by atoms with Gasteiger partial charge in [-0.1, -0.05) is 0 Å². The zero-order chi connectivity index (χ0) is 21.3. The first-order valence-electron chi connectivity index (χ1n) is 9.05. The summed E-state index contributed by atoms with van der Waals surface area (Å²) in [4.78, 5) is 49.7. The van der Waals surface area contributed by atoms with Crippen LogP contribution in [-0.4, -0.2) is 34.2 Å². The second-order valence-electron chi connectivity index (χ2n) is 7.71. The van der Waals surface area contributed by atoms with E-state index >= 15 is 0 Å². The molecule has 29 heavy (non-hydrogen) atoms. The van der Waals surface area contributed by atoms with Gasteiger partial charge in [-0.3, -0.25) is 19.3 Å². The standard InChI is InChI=1S/C21H22N4O4/c1-12(26)22-13-5-7-14(8-6-13)23-20(29)24-15-9-10-16-17(11-15)19(28)25(18(16)27)21(2,3)4/h5-11H,1-4H3,(H,22,26)(H2,23,24,29). The van der Waals surface area contributed by atoms with Crippen LogP contribution in [0, 0.1) is 0 Å². The Labute approximate surface area is 168 Å². The van der Waals surface area contributed by atoms with E-state index in [9.17, 15) is 19.2 Å². The fourth-order valence-electron chi connectivity index (χ4n) is 3.06. The minimum absolute atomic E-state index is 0.182. The van der Waals surface area contributed by atoms with Crippen molar-refractivity contribution in [2.24, 2.45) is 0 Å². The van der Waals surface area contributed by atoms with Crippen molar-refractivity contribution in [3.8, 4) is 0 Å². The van der Waals surface area contributed by atoms with E-state index in [4.69, 9.17) is 0 Å². The molecule has 150 valence electrons. The average Bonchev–Trinajstić information content (AvgIpc) is 2.86. The summed E-state index contributed by atoms with van der Waals surface area (Å²) in [7, 11) is 0. The van der Waals surface area contributed by atoms with Crippen LogP contribution in [0.1, 0.15) is 48.4 Å². The lowest BCUT2D eigenvalue weighted by Gasteiger charge is -2.29. The van der Waals surface area contributed by atoms with Crippen LogP contribution in [0.3, 0.4) is 0 Å². The average molecular weight is 394 g/mol. The normalized spacial score (nSPS) is 13.2. The number of hydrogen-bond acceptors (Lipinski definition) is 4. The number of hydrogen-bond donors (Lipinski definition) is 3. The van der Waals surface area contributed by atoms with Crippen molar-refractivity contribution in [2.75, 3.05) is 16.0 Å². The van der Waals surface area contributed by atoms with Gasteiger partial charge in [0.05, 0.1) is 11.1 Å². The van der Waals surface area contributed by atoms with Crippen molar-refractivity contribution in [3.05, 3.63) is 53.6 Å². The highest BCUT2D eigenvalue weighted by Gasteiger charge is 2.41. The molecular weight excluding hydrogens is 372 g/mol. The van der Waals surface area contributed by atoms with Crippen molar-refractivity contribution in [2.45, 2.75) is 33.2 Å². The van der Waals surface area contributed by atoms with Gasteiger partial charge in [-0.15, -0.1) is 0 Å². The summed E-state index contributed by atoms with van der Waals surface area (Å²) >= 11 is 0. The van der Waals surface area contributed by atoms with Crippen LogP contribution in [0.4, 0.5) is 21.9 Å². The number of imide groups is 1. The summed E-state index contributed by atoms with van der Waals surface area (Å²) in [6.45, 7) is 6.78. The quantitative estimate of drug-likeness (QED) is 0.690. The third-order valence-corrected chi connectivity index (χ3v) is 4.28. The highest BCUT2D eigenvalue weighted by molar-refractivity contribution is 6.22. The molecule has 1 heterocycles. The van der Waals surface area contributed by atoms with E-state index in [2.05, 4.69) is 16.0 Å². The Kier molecular flexibility index (Phi) is 5.11. The molecule has 0 bridgehead atoms. The first kappa shape index (κ1) is 20.1. The molecule has 8 heteroatoms. The first-order valence-corrected chi connectivity index (χ1v) is 9.05. The molecule has 0 fully saturated rings. The number of carbonyl (C=O) groups excluding carboxylic acids is 4. The number of carbonyl (C=O) groups is 4. The van der Waals surface area contributed by atoms with Crippen LogP contribution >= 0.6 is 0 Å². The van der Waals surface area contributed by atoms with Gasteiger partial charge >= 0.3 is 6.03 Å². The summed E-state index contributed by atoms with van der Waals surface area (Å²) in [5, 5.41) is 7.96. The van der Waals surface area contributed by atoms with Crippen molar-refractivity contribution in [1.29, 1.82) is 0 Å². The molecule has 0 aromatic heterocycles. The van der Waals surface area contributed by atoms with Crippen LogP contribution < -0.4 is 16.0 Å². The highest BCUT2D eigenvalue weighted by atomic mass is 16.2. The van der Waals surface area contributed by atoms with E-state index in [-0.39, 0.29) is 23.3 Å². The van der Waals surface area contributed by atoms with Crippen LogP contribution in [0.5, 0.6) is 0 Å². The second kappa shape index (κ2) is 7.38. The summed E-state index contributed by atoms with van der Waals surface area (Å²) in [5.74, 6) is -0.902. The van der Waals surface area contributed by atoms with E-state index in [1.807, 2.05) is 0 Å². The molecule has 0 radical (unpaired) electrons. The number of nitrogens with zero attached hydrogens (tertiary/aromatic N) is 1. The smallest absolute Gasteiger partial charge is 0.323 e. The maximum atomic E-state index is 12.6. The van der Waals surface area contributed by atoms with Crippen LogP contribution in [0.2, 0.25) is 0 Å². The van der Waals surface area contributed by atoms with E-state index in [1.165, 1.54) is 17.9 Å². The van der Waals surface area contributed by atoms with Crippen LogP contribution in [0.25, 0.3) is 0 Å². The lowest BCUT2D eigenvalue weighted by atomic mass is 10.1. The molecule has 0 saturated carbocycles. The van der Waals surface area contributed by atoms with Gasteiger partial charge in [-0.2, -0.15) is 0 Å². The Hall–Kier alpha value is -3.68. The number of rotatable bonds is 3. The number of urea groups is 1. The van der Waals surface area contributed by atoms with E-state index in [0.717, 1.165) is 0 Å². The number of fused-ring (bicyclic) bond motifs is 1. The van der Waals surface area contributed by atoms with Gasteiger partial charge in [0, 0.05) is 29.5 Å². The number of anilines is 3. The van der Waals surface area contributed by atoms with Gasteiger partial charge in [-0.05, 0) is 63.2 Å². The predicted molar refractivity (Wildman–Crippen MR) is 110 cm³/mol. The van der Waals surface area contributed by atoms with Crippen LogP contribution in [-0.2, 0) is 4.79 Å². The Morgan fingerprint density at radius 1 is 0.759 bits per heavy atom. The molecule has 1 aliphatic heterocycles. The largest absolute Gasteiger partial charge is 0.326 e. The second-order valence-corrected chi connectivity index (χ2v) is 7.71. The van der Waals surface area contributed by atoms with Crippen molar-refractivity contribution in [3.63, 3.8) is 0 Å². The Morgan fingerprint density at radius 2 is 1.24 bits per heavy atom. The van der Waals surface area contributed by atoms with Crippen LogP contribution in [0.15, 0.2) is 42.5 Å². The SMILES string of the molecule is CC(=O)Nc1ccc(NC(=O)Nc2ccc3c(c2)C(=O)N(C(C)(C)C)C3=O)cc1. The lowest BCUT2D eigenvalue weighted by Crippen LogP contribution is -2.45. The zero-order valence-corrected chi connectivity index (χ0v) is 16.6. The highest BCUT2D eigenvalue weighted by Crippen LogP contribution is 2.31. The molecular formula is C21H22N4O4. The molecule has 8 nitrogen and oxygen atoms in total. The third-order valence-electron chi connectivity index (χ3n) is 4.28. The Bertz CT molecular complexity index is 1010. The molecule has 0 atom stereocenters. The number of benzene rings is 2. The molecule has 0 spiro atoms. The minimum atomic E-state index is -0.637. The molecule has 5 amide bonds. The van der Waals surface area contributed by atoms with E-state index < -0.39 is 11.6 Å². The van der Waals surface area contributed by atoms with Crippen molar-refractivity contribution >= 4 is 40.8 Å². The van der Waals surface area contributed by atoms with Crippen molar-refractivity contribution < 1.29 is 19.2 Å². The zero-order valence-electron chi connectivity index (χ0n) is 16.6. The fourth-order valence-corrected chi connectivity index (χ4v) is 3.06. The van der Waals surface area contributed by atoms with E-state index in [1.54, 1.807) is 57.2 Å².